The number of aromatic nitrogens is 2. The van der Waals surface area contributed by atoms with Gasteiger partial charge in [-0.1, -0.05) is 15.9 Å². The van der Waals surface area contributed by atoms with Gasteiger partial charge < -0.3 is 10.8 Å². The summed E-state index contributed by atoms with van der Waals surface area (Å²) in [5, 5.41) is 23.9. The topological polar surface area (TPSA) is 107 Å². The van der Waals surface area contributed by atoms with Crippen LogP contribution in [0, 0.1) is 10.1 Å². The predicted octanol–water partition coefficient (Wildman–Crippen LogP) is 1.80. The third-order valence-corrected chi connectivity index (χ3v) is 2.97. The van der Waals surface area contributed by atoms with E-state index in [2.05, 4.69) is 21.0 Å². The molecule has 0 bridgehead atoms. The highest BCUT2D eigenvalue weighted by Crippen LogP contribution is 2.28. The molecule has 1 aromatic carbocycles. The summed E-state index contributed by atoms with van der Waals surface area (Å²) >= 11 is 3.22. The van der Waals surface area contributed by atoms with Gasteiger partial charge in [0, 0.05) is 28.2 Å². The van der Waals surface area contributed by atoms with Gasteiger partial charge >= 0.3 is 0 Å². The first kappa shape index (κ1) is 13.5. The second-order valence-electron chi connectivity index (χ2n) is 3.86. The second-order valence-corrected chi connectivity index (χ2v) is 4.77. The normalized spacial score (nSPS) is 10.6. The van der Waals surface area contributed by atoms with E-state index >= 15 is 0 Å². The fraction of sp³-hybridized carbons (Fsp3) is 0.182. The number of benzene rings is 1. The predicted molar refractivity (Wildman–Crippen MR) is 73.5 cm³/mol. The molecule has 0 radical (unpaired) electrons. The molecule has 2 aromatic rings. The molecule has 3 N–H and O–H groups in total. The monoisotopic (exact) mass is 326 g/mol. The molecule has 1 heterocycles. The molecule has 2 rings (SSSR count). The van der Waals surface area contributed by atoms with Crippen LogP contribution in [0.1, 0.15) is 0 Å². The van der Waals surface area contributed by atoms with E-state index in [-0.39, 0.29) is 18.8 Å². The van der Waals surface area contributed by atoms with Crippen molar-refractivity contribution in [2.45, 2.75) is 6.54 Å². The van der Waals surface area contributed by atoms with Crippen LogP contribution in [-0.2, 0) is 6.54 Å². The minimum Gasteiger partial charge on any atom is -0.394 e. The number of nitro groups is 1. The first-order valence-corrected chi connectivity index (χ1v) is 6.20. The third-order valence-electron chi connectivity index (χ3n) is 2.51. The first-order chi connectivity index (χ1) is 9.01. The largest absolute Gasteiger partial charge is 0.394 e. The lowest BCUT2D eigenvalue weighted by Gasteiger charge is -2.00. The zero-order valence-corrected chi connectivity index (χ0v) is 11.4. The summed E-state index contributed by atoms with van der Waals surface area (Å²) in [6, 6.07) is 6.17. The standard InChI is InChI=1S/C11H11BrN4O3/c12-8-3-7(4-9(5-8)16(18)19)10-6-11(13)15(14-10)1-2-17/h3-6,17H,1-2,13H2. The molecule has 0 unspecified atom stereocenters. The highest BCUT2D eigenvalue weighted by Gasteiger charge is 2.13. The summed E-state index contributed by atoms with van der Waals surface area (Å²) in [5.41, 5.74) is 6.83. The van der Waals surface area contributed by atoms with Crippen molar-refractivity contribution in [3.63, 3.8) is 0 Å². The Hall–Kier alpha value is -1.93. The molecule has 0 aliphatic rings. The van der Waals surface area contributed by atoms with Crippen molar-refractivity contribution in [3.05, 3.63) is 38.9 Å². The Balaban J connectivity index is 2.46. The second kappa shape index (κ2) is 5.37. The molecule has 0 fully saturated rings. The maximum atomic E-state index is 10.8. The van der Waals surface area contributed by atoms with E-state index in [9.17, 15) is 10.1 Å². The molecule has 0 spiro atoms. The third kappa shape index (κ3) is 2.91. The van der Waals surface area contributed by atoms with Gasteiger partial charge in [0.15, 0.2) is 0 Å². The molecule has 0 aliphatic carbocycles. The van der Waals surface area contributed by atoms with Gasteiger partial charge in [0.2, 0.25) is 0 Å². The number of rotatable bonds is 4. The minimum atomic E-state index is -0.470. The number of non-ortho nitro benzene ring substituents is 1. The summed E-state index contributed by atoms with van der Waals surface area (Å²) in [4.78, 5) is 10.3. The number of hydrogen-bond acceptors (Lipinski definition) is 5. The Labute approximate surface area is 116 Å². The highest BCUT2D eigenvalue weighted by atomic mass is 79.9. The van der Waals surface area contributed by atoms with Crippen molar-refractivity contribution < 1.29 is 10.0 Å². The molecule has 0 atom stereocenters. The van der Waals surface area contributed by atoms with Gasteiger partial charge in [0.05, 0.1) is 23.8 Å². The zero-order valence-electron chi connectivity index (χ0n) is 9.78. The van der Waals surface area contributed by atoms with E-state index < -0.39 is 4.92 Å². The number of aliphatic hydroxyl groups excluding tert-OH is 1. The van der Waals surface area contributed by atoms with E-state index in [4.69, 9.17) is 10.8 Å². The van der Waals surface area contributed by atoms with Crippen LogP contribution in [0.4, 0.5) is 11.5 Å². The fourth-order valence-electron chi connectivity index (χ4n) is 1.67. The van der Waals surface area contributed by atoms with Crippen LogP contribution < -0.4 is 5.73 Å². The molecule has 0 saturated heterocycles. The average molecular weight is 327 g/mol. The Morgan fingerprint density at radius 1 is 1.42 bits per heavy atom. The molecule has 7 nitrogen and oxygen atoms in total. The van der Waals surface area contributed by atoms with Crippen molar-refractivity contribution in [1.29, 1.82) is 0 Å². The van der Waals surface area contributed by atoms with Gasteiger partial charge in [-0.05, 0) is 6.07 Å². The zero-order chi connectivity index (χ0) is 14.0. The fourth-order valence-corrected chi connectivity index (χ4v) is 2.15. The van der Waals surface area contributed by atoms with E-state index in [0.29, 0.717) is 21.5 Å². The summed E-state index contributed by atoms with van der Waals surface area (Å²) in [5.74, 6) is 0.395. The SMILES string of the molecule is Nc1cc(-c2cc(Br)cc([N+](=O)[O-])c2)nn1CCO. The molecule has 8 heteroatoms. The summed E-state index contributed by atoms with van der Waals surface area (Å²) < 4.78 is 2.04. The van der Waals surface area contributed by atoms with Crippen LogP contribution in [0.25, 0.3) is 11.3 Å². The summed E-state index contributed by atoms with van der Waals surface area (Å²) in [6.45, 7) is 0.200. The number of aliphatic hydroxyl groups is 1. The molecule has 0 aliphatic heterocycles. The Bertz CT molecular complexity index is 626. The van der Waals surface area contributed by atoms with Crippen molar-refractivity contribution in [2.75, 3.05) is 12.3 Å². The minimum absolute atomic E-state index is 0.0281. The van der Waals surface area contributed by atoms with Crippen LogP contribution in [0.15, 0.2) is 28.7 Å². The van der Waals surface area contributed by atoms with Gasteiger partial charge in [-0.2, -0.15) is 5.10 Å². The van der Waals surface area contributed by atoms with E-state index in [1.807, 2.05) is 0 Å². The lowest BCUT2D eigenvalue weighted by Crippen LogP contribution is -2.07. The van der Waals surface area contributed by atoms with Gasteiger partial charge in [0.25, 0.3) is 5.69 Å². The van der Waals surface area contributed by atoms with Gasteiger partial charge in [-0.15, -0.1) is 0 Å². The Kier molecular flexibility index (Phi) is 3.82. The number of nitrogens with two attached hydrogens (primary N) is 1. The molecular formula is C11H11BrN4O3. The van der Waals surface area contributed by atoms with Crippen LogP contribution in [0.5, 0.6) is 0 Å². The molecule has 0 amide bonds. The van der Waals surface area contributed by atoms with Crippen molar-refractivity contribution in [1.82, 2.24) is 9.78 Å². The van der Waals surface area contributed by atoms with Crippen molar-refractivity contribution >= 4 is 27.4 Å². The number of nitrogen functional groups attached to an aromatic ring is 1. The maximum Gasteiger partial charge on any atom is 0.271 e. The lowest BCUT2D eigenvalue weighted by atomic mass is 10.1. The smallest absolute Gasteiger partial charge is 0.271 e. The van der Waals surface area contributed by atoms with Crippen molar-refractivity contribution in [2.24, 2.45) is 0 Å². The molecule has 100 valence electrons. The average Bonchev–Trinajstić information content (AvgIpc) is 2.71. The van der Waals surface area contributed by atoms with Crippen LogP contribution in [0.3, 0.4) is 0 Å². The number of anilines is 1. The summed E-state index contributed by atoms with van der Waals surface area (Å²) in [7, 11) is 0. The van der Waals surface area contributed by atoms with Crippen molar-refractivity contribution in [3.8, 4) is 11.3 Å². The highest BCUT2D eigenvalue weighted by molar-refractivity contribution is 9.10. The van der Waals surface area contributed by atoms with E-state index in [1.165, 1.54) is 16.8 Å². The number of halogens is 1. The Morgan fingerprint density at radius 3 is 2.79 bits per heavy atom. The van der Waals surface area contributed by atoms with Crippen LogP contribution in [0.2, 0.25) is 0 Å². The molecule has 1 aromatic heterocycles. The van der Waals surface area contributed by atoms with Gasteiger partial charge in [-0.25, -0.2) is 4.68 Å². The lowest BCUT2D eigenvalue weighted by molar-refractivity contribution is -0.384. The molecule has 0 saturated carbocycles. The van der Waals surface area contributed by atoms with Crippen LogP contribution >= 0.6 is 15.9 Å². The van der Waals surface area contributed by atoms with Gasteiger partial charge in [-0.3, -0.25) is 10.1 Å². The van der Waals surface area contributed by atoms with Gasteiger partial charge in [0.1, 0.15) is 5.82 Å². The molecule has 19 heavy (non-hydrogen) atoms. The summed E-state index contributed by atoms with van der Waals surface area (Å²) in [6.07, 6.45) is 0. The molecular weight excluding hydrogens is 316 g/mol. The number of nitrogens with zero attached hydrogens (tertiary/aromatic N) is 3. The number of hydrogen-bond donors (Lipinski definition) is 2. The van der Waals surface area contributed by atoms with E-state index in [0.717, 1.165) is 0 Å². The first-order valence-electron chi connectivity index (χ1n) is 5.41. The van der Waals surface area contributed by atoms with E-state index in [1.54, 1.807) is 12.1 Å². The number of nitro benzene ring substituents is 1. The van der Waals surface area contributed by atoms with Crippen LogP contribution in [-0.4, -0.2) is 26.4 Å². The quantitative estimate of drug-likeness (QED) is 0.658. The Morgan fingerprint density at radius 2 is 2.16 bits per heavy atom. The maximum absolute atomic E-state index is 10.8.